The number of benzene rings is 2. The monoisotopic (exact) mass is 417 g/mol. The summed E-state index contributed by atoms with van der Waals surface area (Å²) in [6.45, 7) is 2.21. The summed E-state index contributed by atoms with van der Waals surface area (Å²) in [6, 6.07) is 7.73. The Morgan fingerprint density at radius 3 is 2.38 bits per heavy atom. The molecule has 0 radical (unpaired) electrons. The predicted molar refractivity (Wildman–Crippen MR) is 103 cm³/mol. The second kappa shape index (κ2) is 9.33. The molecule has 2 N–H and O–H groups in total. The molecule has 0 aliphatic heterocycles. The molecular formula is C18H18Cl3NO4. The normalized spacial score (nSPS) is 11.8. The van der Waals surface area contributed by atoms with Crippen molar-refractivity contribution in [3.63, 3.8) is 0 Å². The Morgan fingerprint density at radius 2 is 1.81 bits per heavy atom. The topological polar surface area (TPSA) is 67.8 Å². The Labute approximate surface area is 166 Å². The number of hydrogen-bond donors (Lipinski definition) is 2. The van der Waals surface area contributed by atoms with Crippen LogP contribution in [0, 0.1) is 0 Å². The fourth-order valence-corrected chi connectivity index (χ4v) is 3.12. The molecule has 26 heavy (non-hydrogen) atoms. The second-order valence-corrected chi connectivity index (χ2v) is 6.63. The van der Waals surface area contributed by atoms with Crippen LogP contribution in [-0.4, -0.2) is 31.3 Å². The first-order valence-electron chi connectivity index (χ1n) is 7.78. The first-order valence-corrected chi connectivity index (χ1v) is 8.91. The number of ether oxygens (including phenoxy) is 2. The summed E-state index contributed by atoms with van der Waals surface area (Å²) in [5.41, 5.74) is 0.789. The largest absolute Gasteiger partial charge is 0.493 e. The number of rotatable bonds is 7. The fourth-order valence-electron chi connectivity index (χ4n) is 2.31. The quantitative estimate of drug-likeness (QED) is 0.694. The van der Waals surface area contributed by atoms with E-state index in [4.69, 9.17) is 44.3 Å². The number of hydrogen-bond acceptors (Lipinski definition) is 4. The van der Waals surface area contributed by atoms with Gasteiger partial charge in [-0.15, -0.1) is 0 Å². The van der Waals surface area contributed by atoms with Crippen LogP contribution in [0.25, 0.3) is 0 Å². The summed E-state index contributed by atoms with van der Waals surface area (Å²) in [4.78, 5) is 12.4. The number of aliphatic hydroxyl groups is 1. The van der Waals surface area contributed by atoms with E-state index >= 15 is 0 Å². The summed E-state index contributed by atoms with van der Waals surface area (Å²) < 4.78 is 10.6. The lowest BCUT2D eigenvalue weighted by molar-refractivity contribution is 0.0916. The van der Waals surface area contributed by atoms with Crippen molar-refractivity contribution < 1.29 is 19.4 Å². The van der Waals surface area contributed by atoms with Gasteiger partial charge < -0.3 is 19.9 Å². The molecule has 0 spiro atoms. The standard InChI is InChI=1S/C18H18Cl3NO4/c1-3-26-17-14(21)6-11(7-16(17)25-2)18(24)22-9-15(23)10-4-12(19)8-13(20)5-10/h4-8,15,23H,3,9H2,1-2H3,(H,22,24). The molecule has 0 saturated carbocycles. The van der Waals surface area contributed by atoms with Crippen LogP contribution in [0.5, 0.6) is 11.5 Å². The van der Waals surface area contributed by atoms with Crippen LogP contribution in [0.1, 0.15) is 28.9 Å². The Hall–Kier alpha value is -1.66. The van der Waals surface area contributed by atoms with Crippen molar-refractivity contribution in [2.45, 2.75) is 13.0 Å². The van der Waals surface area contributed by atoms with E-state index in [9.17, 15) is 9.90 Å². The molecule has 0 aliphatic rings. The van der Waals surface area contributed by atoms with Gasteiger partial charge in [0.1, 0.15) is 0 Å². The van der Waals surface area contributed by atoms with E-state index in [1.165, 1.54) is 19.2 Å². The number of methoxy groups -OCH3 is 1. The molecule has 0 aromatic heterocycles. The van der Waals surface area contributed by atoms with Gasteiger partial charge in [0, 0.05) is 22.2 Å². The van der Waals surface area contributed by atoms with Gasteiger partial charge in [-0.2, -0.15) is 0 Å². The smallest absolute Gasteiger partial charge is 0.251 e. The van der Waals surface area contributed by atoms with Crippen molar-refractivity contribution in [2.75, 3.05) is 20.3 Å². The molecule has 2 aromatic rings. The SMILES string of the molecule is CCOc1c(Cl)cc(C(=O)NCC(O)c2cc(Cl)cc(Cl)c2)cc1OC. The van der Waals surface area contributed by atoms with Crippen molar-refractivity contribution in [1.29, 1.82) is 0 Å². The lowest BCUT2D eigenvalue weighted by atomic mass is 10.1. The molecule has 0 bridgehead atoms. The molecule has 0 heterocycles. The van der Waals surface area contributed by atoms with Gasteiger partial charge in [-0.1, -0.05) is 34.8 Å². The Kier molecular flexibility index (Phi) is 7.41. The van der Waals surface area contributed by atoms with E-state index in [1.54, 1.807) is 18.2 Å². The van der Waals surface area contributed by atoms with E-state index in [0.717, 1.165) is 0 Å². The van der Waals surface area contributed by atoms with E-state index in [-0.39, 0.29) is 17.1 Å². The van der Waals surface area contributed by atoms with Crippen LogP contribution >= 0.6 is 34.8 Å². The lowest BCUT2D eigenvalue weighted by Crippen LogP contribution is -2.28. The number of amides is 1. The predicted octanol–water partition coefficient (Wildman–Crippen LogP) is 4.52. The molecule has 1 atom stereocenters. The highest BCUT2D eigenvalue weighted by Crippen LogP contribution is 2.36. The van der Waals surface area contributed by atoms with Crippen LogP contribution in [-0.2, 0) is 0 Å². The molecule has 1 amide bonds. The van der Waals surface area contributed by atoms with E-state index in [2.05, 4.69) is 5.32 Å². The van der Waals surface area contributed by atoms with Crippen molar-refractivity contribution >= 4 is 40.7 Å². The van der Waals surface area contributed by atoms with Gasteiger partial charge in [0.15, 0.2) is 11.5 Å². The Bertz CT molecular complexity index is 778. The maximum Gasteiger partial charge on any atom is 0.251 e. The third kappa shape index (κ3) is 5.17. The van der Waals surface area contributed by atoms with Crippen LogP contribution < -0.4 is 14.8 Å². The molecule has 8 heteroatoms. The average Bonchev–Trinajstić information content (AvgIpc) is 2.60. The second-order valence-electron chi connectivity index (χ2n) is 5.35. The number of nitrogens with one attached hydrogen (secondary N) is 1. The highest BCUT2D eigenvalue weighted by atomic mass is 35.5. The lowest BCUT2D eigenvalue weighted by Gasteiger charge is -2.15. The summed E-state index contributed by atoms with van der Waals surface area (Å²) in [5, 5.41) is 13.9. The van der Waals surface area contributed by atoms with Gasteiger partial charge in [-0.25, -0.2) is 0 Å². The van der Waals surface area contributed by atoms with Gasteiger partial charge in [0.2, 0.25) is 0 Å². The molecule has 2 rings (SSSR count). The Morgan fingerprint density at radius 1 is 1.15 bits per heavy atom. The van der Waals surface area contributed by atoms with Crippen molar-refractivity contribution in [3.8, 4) is 11.5 Å². The van der Waals surface area contributed by atoms with E-state index in [0.29, 0.717) is 33.7 Å². The van der Waals surface area contributed by atoms with Gasteiger partial charge in [0.05, 0.1) is 24.8 Å². The van der Waals surface area contributed by atoms with Crippen LogP contribution in [0.4, 0.5) is 0 Å². The van der Waals surface area contributed by atoms with Gasteiger partial charge in [-0.05, 0) is 42.8 Å². The van der Waals surface area contributed by atoms with Crippen molar-refractivity contribution in [3.05, 3.63) is 56.5 Å². The van der Waals surface area contributed by atoms with Gasteiger partial charge in [0.25, 0.3) is 5.91 Å². The molecule has 1 unspecified atom stereocenters. The molecule has 0 fully saturated rings. The maximum absolute atomic E-state index is 12.4. The maximum atomic E-state index is 12.4. The minimum Gasteiger partial charge on any atom is -0.493 e. The third-order valence-corrected chi connectivity index (χ3v) is 4.22. The zero-order chi connectivity index (χ0) is 19.3. The molecular weight excluding hydrogens is 401 g/mol. The number of aliphatic hydroxyl groups excluding tert-OH is 1. The number of carbonyl (C=O) groups is 1. The zero-order valence-corrected chi connectivity index (χ0v) is 16.5. The zero-order valence-electron chi connectivity index (χ0n) is 14.2. The van der Waals surface area contributed by atoms with Gasteiger partial charge >= 0.3 is 0 Å². The number of carbonyl (C=O) groups excluding carboxylic acids is 1. The first-order chi connectivity index (χ1) is 12.3. The molecule has 0 saturated heterocycles. The van der Waals surface area contributed by atoms with Crippen molar-refractivity contribution in [1.82, 2.24) is 5.32 Å². The average molecular weight is 419 g/mol. The van der Waals surface area contributed by atoms with Crippen LogP contribution in [0.2, 0.25) is 15.1 Å². The highest BCUT2D eigenvalue weighted by molar-refractivity contribution is 6.34. The van der Waals surface area contributed by atoms with E-state index in [1.807, 2.05) is 6.92 Å². The molecule has 0 aliphatic carbocycles. The molecule has 140 valence electrons. The van der Waals surface area contributed by atoms with Crippen molar-refractivity contribution in [2.24, 2.45) is 0 Å². The summed E-state index contributed by atoms with van der Waals surface area (Å²) in [7, 11) is 1.46. The first kappa shape index (κ1) is 20.6. The molecule has 2 aromatic carbocycles. The summed E-state index contributed by atoms with van der Waals surface area (Å²) in [6.07, 6.45) is -0.963. The number of halogens is 3. The summed E-state index contributed by atoms with van der Waals surface area (Å²) >= 11 is 18.0. The molecule has 5 nitrogen and oxygen atoms in total. The van der Waals surface area contributed by atoms with Gasteiger partial charge in [-0.3, -0.25) is 4.79 Å². The third-order valence-electron chi connectivity index (χ3n) is 3.51. The van der Waals surface area contributed by atoms with E-state index < -0.39 is 12.0 Å². The summed E-state index contributed by atoms with van der Waals surface area (Å²) in [5.74, 6) is 0.314. The minimum atomic E-state index is -0.963. The Balaban J connectivity index is 2.11. The van der Waals surface area contributed by atoms with Crippen LogP contribution in [0.3, 0.4) is 0 Å². The van der Waals surface area contributed by atoms with Crippen LogP contribution in [0.15, 0.2) is 30.3 Å². The minimum absolute atomic E-state index is 0.0251. The fraction of sp³-hybridized carbons (Fsp3) is 0.278. The highest BCUT2D eigenvalue weighted by Gasteiger charge is 2.17.